The summed E-state index contributed by atoms with van der Waals surface area (Å²) in [6, 6.07) is 8.14. The van der Waals surface area contributed by atoms with Crippen LogP contribution in [-0.4, -0.2) is 54.7 Å². The second kappa shape index (κ2) is 9.07. The molecule has 1 saturated heterocycles. The van der Waals surface area contributed by atoms with E-state index in [-0.39, 0.29) is 10.7 Å². The van der Waals surface area contributed by atoms with Gasteiger partial charge >= 0.3 is 0 Å². The first kappa shape index (κ1) is 24.0. The Kier molecular flexibility index (Phi) is 6.23. The molecule has 0 saturated carbocycles. The van der Waals surface area contributed by atoms with Crippen LogP contribution in [0.25, 0.3) is 11.0 Å². The fourth-order valence-electron chi connectivity index (χ4n) is 5.11. The lowest BCUT2D eigenvalue weighted by Crippen LogP contribution is -2.35. The van der Waals surface area contributed by atoms with Crippen LogP contribution < -0.4 is 14.6 Å². The summed E-state index contributed by atoms with van der Waals surface area (Å²) in [7, 11) is -3.84. The van der Waals surface area contributed by atoms with E-state index >= 15 is 0 Å². The molecule has 0 spiro atoms. The van der Waals surface area contributed by atoms with Gasteiger partial charge in [-0.3, -0.25) is 0 Å². The number of piperidine rings is 1. The molecule has 0 aliphatic carbocycles. The van der Waals surface area contributed by atoms with Gasteiger partial charge < -0.3 is 18.9 Å². The zero-order valence-electron chi connectivity index (χ0n) is 20.0. The molecule has 3 aromatic rings. The van der Waals surface area contributed by atoms with Crippen molar-refractivity contribution >= 4 is 21.1 Å². The predicted molar refractivity (Wildman–Crippen MR) is 131 cm³/mol. The second-order valence-corrected chi connectivity index (χ2v) is 11.6. The Labute approximate surface area is 204 Å². The van der Waals surface area contributed by atoms with Crippen LogP contribution in [0.5, 0.6) is 11.5 Å². The van der Waals surface area contributed by atoms with Crippen molar-refractivity contribution in [2.45, 2.75) is 56.1 Å². The Bertz CT molecular complexity index is 1350. The lowest BCUT2D eigenvalue weighted by atomic mass is 10.0. The van der Waals surface area contributed by atoms with Crippen LogP contribution in [0, 0.1) is 5.82 Å². The van der Waals surface area contributed by atoms with E-state index in [0.29, 0.717) is 36.1 Å². The quantitative estimate of drug-likeness (QED) is 0.495. The molecule has 10 heteroatoms. The van der Waals surface area contributed by atoms with E-state index in [2.05, 4.69) is 14.5 Å². The SMILES string of the molecule is CC1(C)Cc2cc(S(N)(=O)=O)cc(OCCCN3CCC(n4cnc5cc(F)ccc54)CC3)c2O1. The van der Waals surface area contributed by atoms with E-state index in [0.717, 1.165) is 50.0 Å². The maximum absolute atomic E-state index is 13.5. The van der Waals surface area contributed by atoms with Crippen molar-refractivity contribution in [1.82, 2.24) is 14.5 Å². The summed E-state index contributed by atoms with van der Waals surface area (Å²) in [6.45, 7) is 7.16. The third kappa shape index (κ3) is 5.14. The number of rotatable bonds is 7. The maximum Gasteiger partial charge on any atom is 0.238 e. The van der Waals surface area contributed by atoms with E-state index in [9.17, 15) is 12.8 Å². The Hall–Kier alpha value is -2.69. The van der Waals surface area contributed by atoms with Crippen LogP contribution in [0.4, 0.5) is 4.39 Å². The number of fused-ring (bicyclic) bond motifs is 2. The van der Waals surface area contributed by atoms with Gasteiger partial charge in [0.2, 0.25) is 10.0 Å². The fourth-order valence-corrected chi connectivity index (χ4v) is 5.69. The summed E-state index contributed by atoms with van der Waals surface area (Å²) in [5, 5.41) is 5.37. The van der Waals surface area contributed by atoms with Crippen LogP contribution in [0.2, 0.25) is 0 Å². The highest BCUT2D eigenvalue weighted by molar-refractivity contribution is 7.89. The van der Waals surface area contributed by atoms with Gasteiger partial charge in [-0.05, 0) is 51.3 Å². The molecule has 188 valence electrons. The van der Waals surface area contributed by atoms with Crippen LogP contribution in [0.3, 0.4) is 0 Å². The van der Waals surface area contributed by atoms with E-state index < -0.39 is 15.6 Å². The van der Waals surface area contributed by atoms with Crippen LogP contribution in [-0.2, 0) is 16.4 Å². The molecule has 1 aromatic heterocycles. The van der Waals surface area contributed by atoms with Crippen molar-refractivity contribution in [2.75, 3.05) is 26.2 Å². The average molecular weight is 503 g/mol. The molecule has 2 N–H and O–H groups in total. The number of ether oxygens (including phenoxy) is 2. The van der Waals surface area contributed by atoms with E-state index in [1.54, 1.807) is 12.1 Å². The van der Waals surface area contributed by atoms with Gasteiger partial charge in [0.05, 0.1) is 28.9 Å². The molecule has 0 atom stereocenters. The summed E-state index contributed by atoms with van der Waals surface area (Å²) in [4.78, 5) is 6.81. The van der Waals surface area contributed by atoms with Crippen molar-refractivity contribution in [1.29, 1.82) is 0 Å². The minimum Gasteiger partial charge on any atom is -0.490 e. The first-order valence-electron chi connectivity index (χ1n) is 12.0. The number of likely N-dealkylation sites (tertiary alicyclic amines) is 1. The van der Waals surface area contributed by atoms with Gasteiger partial charge in [-0.1, -0.05) is 0 Å². The molecule has 2 aromatic carbocycles. The van der Waals surface area contributed by atoms with Crippen molar-refractivity contribution in [3.05, 3.63) is 48.0 Å². The molecule has 0 bridgehead atoms. The minimum atomic E-state index is -3.84. The van der Waals surface area contributed by atoms with Crippen molar-refractivity contribution < 1.29 is 22.3 Å². The Morgan fingerprint density at radius 3 is 2.74 bits per heavy atom. The fraction of sp³-hybridized carbons (Fsp3) is 0.480. The van der Waals surface area contributed by atoms with E-state index in [1.165, 1.54) is 18.2 Å². The maximum atomic E-state index is 13.5. The highest BCUT2D eigenvalue weighted by atomic mass is 32.2. The standard InChI is InChI=1S/C25H31FN4O4S/c1-25(2)15-17-12-20(35(27,31)32)14-23(24(17)34-25)33-11-3-8-29-9-6-19(7-10-29)30-16-28-21-13-18(26)4-5-22(21)30/h4-5,12-14,16,19H,3,6-11,15H2,1-2H3,(H2,27,31,32). The molecule has 0 unspecified atom stereocenters. The molecule has 2 aliphatic heterocycles. The Morgan fingerprint density at radius 1 is 1.23 bits per heavy atom. The number of nitrogens with zero attached hydrogens (tertiary/aromatic N) is 3. The van der Waals surface area contributed by atoms with Crippen LogP contribution >= 0.6 is 0 Å². The van der Waals surface area contributed by atoms with Crippen molar-refractivity contribution in [2.24, 2.45) is 5.14 Å². The number of halogens is 1. The topological polar surface area (TPSA) is 99.7 Å². The Morgan fingerprint density at radius 2 is 2.00 bits per heavy atom. The molecule has 35 heavy (non-hydrogen) atoms. The molecule has 0 radical (unpaired) electrons. The number of benzene rings is 2. The first-order chi connectivity index (χ1) is 16.6. The first-order valence-corrected chi connectivity index (χ1v) is 13.5. The summed E-state index contributed by atoms with van der Waals surface area (Å²) in [6.07, 6.45) is 5.21. The van der Waals surface area contributed by atoms with Gasteiger partial charge in [0.15, 0.2) is 11.5 Å². The number of aromatic nitrogens is 2. The minimum absolute atomic E-state index is 0.0457. The molecule has 5 rings (SSSR count). The van der Waals surface area contributed by atoms with Gasteiger partial charge in [-0.2, -0.15) is 0 Å². The number of hydrogen-bond acceptors (Lipinski definition) is 6. The third-order valence-corrected chi connectivity index (χ3v) is 7.68. The molecular formula is C25H31FN4O4S. The van der Waals surface area contributed by atoms with Crippen molar-refractivity contribution in [3.63, 3.8) is 0 Å². The largest absolute Gasteiger partial charge is 0.490 e. The lowest BCUT2D eigenvalue weighted by molar-refractivity contribution is 0.130. The zero-order chi connectivity index (χ0) is 24.8. The van der Waals surface area contributed by atoms with Crippen molar-refractivity contribution in [3.8, 4) is 11.5 Å². The molecule has 0 amide bonds. The zero-order valence-corrected chi connectivity index (χ0v) is 20.9. The second-order valence-electron chi connectivity index (χ2n) is 10.1. The molecular weight excluding hydrogens is 471 g/mol. The smallest absolute Gasteiger partial charge is 0.238 e. The number of nitrogens with two attached hydrogens (primary N) is 1. The summed E-state index contributed by atoms with van der Waals surface area (Å²) >= 11 is 0. The van der Waals surface area contributed by atoms with Gasteiger partial charge in [-0.25, -0.2) is 22.9 Å². The summed E-state index contributed by atoms with van der Waals surface area (Å²) in [5.74, 6) is 0.770. The van der Waals surface area contributed by atoms with Gasteiger partial charge in [-0.15, -0.1) is 0 Å². The Balaban J connectivity index is 1.15. The normalized spacial score (nSPS) is 18.5. The monoisotopic (exact) mass is 502 g/mol. The van der Waals surface area contributed by atoms with Crippen LogP contribution in [0.1, 0.15) is 44.7 Å². The lowest BCUT2D eigenvalue weighted by Gasteiger charge is -2.32. The highest BCUT2D eigenvalue weighted by Crippen LogP contribution is 2.43. The predicted octanol–water partition coefficient (Wildman–Crippen LogP) is 3.64. The number of hydrogen-bond donors (Lipinski definition) is 1. The average Bonchev–Trinajstić information content (AvgIpc) is 3.35. The highest BCUT2D eigenvalue weighted by Gasteiger charge is 2.34. The molecule has 8 nitrogen and oxygen atoms in total. The number of sulfonamides is 1. The molecule has 3 heterocycles. The van der Waals surface area contributed by atoms with Gasteiger partial charge in [0, 0.05) is 49.8 Å². The number of imidazole rings is 1. The third-order valence-electron chi connectivity index (χ3n) is 6.79. The van der Waals surface area contributed by atoms with Gasteiger partial charge in [0.25, 0.3) is 0 Å². The molecule has 2 aliphatic rings. The molecule has 1 fully saturated rings. The van der Waals surface area contributed by atoms with Gasteiger partial charge in [0.1, 0.15) is 11.4 Å². The van der Waals surface area contributed by atoms with Crippen LogP contribution in [0.15, 0.2) is 41.6 Å². The van der Waals surface area contributed by atoms with E-state index in [1.807, 2.05) is 20.2 Å². The van der Waals surface area contributed by atoms with E-state index in [4.69, 9.17) is 14.6 Å². The number of primary sulfonamides is 1. The summed E-state index contributed by atoms with van der Waals surface area (Å²) < 4.78 is 51.5. The summed E-state index contributed by atoms with van der Waals surface area (Å²) in [5.41, 5.74) is 2.04.